The molecule has 6 aromatic carbocycles. The van der Waals surface area contributed by atoms with E-state index in [0.717, 1.165) is 6.42 Å². The molecule has 0 spiro atoms. The molecule has 0 fully saturated rings. The summed E-state index contributed by atoms with van der Waals surface area (Å²) in [5.41, 5.74) is 20.7. The predicted octanol–water partition coefficient (Wildman–Crippen LogP) is 14.4. The zero-order valence-electron chi connectivity index (χ0n) is 31.4. The van der Waals surface area contributed by atoms with Crippen LogP contribution in [0.15, 0.2) is 121 Å². The second kappa shape index (κ2) is 11.0. The molecule has 0 saturated heterocycles. The third-order valence-electron chi connectivity index (χ3n) is 12.1. The topological polar surface area (TPSA) is 0 Å². The Hall–Kier alpha value is -4.94. The van der Waals surface area contributed by atoms with Crippen molar-refractivity contribution in [2.75, 3.05) is 0 Å². The Morgan fingerprint density at radius 1 is 0.588 bits per heavy atom. The third-order valence-corrected chi connectivity index (χ3v) is 12.1. The molecule has 0 heteroatoms. The Morgan fingerprint density at radius 2 is 1.20 bits per heavy atom. The summed E-state index contributed by atoms with van der Waals surface area (Å²) in [4.78, 5) is 0. The van der Waals surface area contributed by atoms with Crippen LogP contribution < -0.4 is 0 Å². The Labute approximate surface area is 304 Å². The van der Waals surface area contributed by atoms with Crippen LogP contribution in [-0.4, -0.2) is 0 Å². The van der Waals surface area contributed by atoms with Crippen LogP contribution in [0.5, 0.6) is 0 Å². The zero-order chi connectivity index (χ0) is 35.4. The minimum atomic E-state index is 0.00366. The number of hydrogen-bond acceptors (Lipinski definition) is 0. The molecule has 0 heterocycles. The van der Waals surface area contributed by atoms with Crippen LogP contribution in [0.25, 0.3) is 67.4 Å². The second-order valence-electron chi connectivity index (χ2n) is 17.8. The number of fused-ring (bicyclic) bond motifs is 3. The van der Waals surface area contributed by atoms with Crippen molar-refractivity contribution < 1.29 is 0 Å². The Morgan fingerprint density at radius 3 is 1.86 bits per heavy atom. The molecule has 6 aromatic rings. The van der Waals surface area contributed by atoms with Crippen LogP contribution in [0.1, 0.15) is 101 Å². The first-order chi connectivity index (χ1) is 24.3. The Bertz CT molecular complexity index is 2450. The lowest BCUT2D eigenvalue weighted by atomic mass is 9.69. The normalized spacial score (nSPS) is 16.9. The molecular formula is C51H48. The first kappa shape index (κ1) is 32.0. The van der Waals surface area contributed by atoms with Gasteiger partial charge in [-0.2, -0.15) is 0 Å². The van der Waals surface area contributed by atoms with Gasteiger partial charge in [0.1, 0.15) is 0 Å². The molecule has 0 bridgehead atoms. The van der Waals surface area contributed by atoms with Crippen LogP contribution in [0.4, 0.5) is 0 Å². The van der Waals surface area contributed by atoms with Gasteiger partial charge in [-0.25, -0.2) is 0 Å². The average Bonchev–Trinajstić information content (AvgIpc) is 3.35. The van der Waals surface area contributed by atoms with Gasteiger partial charge in [0, 0.05) is 11.3 Å². The lowest BCUT2D eigenvalue weighted by Crippen LogP contribution is -2.19. The van der Waals surface area contributed by atoms with E-state index in [9.17, 15) is 0 Å². The van der Waals surface area contributed by atoms with E-state index in [1.165, 1.54) is 88.7 Å². The number of benzene rings is 6. The van der Waals surface area contributed by atoms with E-state index in [1.807, 2.05) is 0 Å². The van der Waals surface area contributed by atoms with Gasteiger partial charge in [-0.3, -0.25) is 0 Å². The molecule has 0 nitrogen and oxygen atoms in total. The third kappa shape index (κ3) is 5.02. The van der Waals surface area contributed by atoms with Crippen molar-refractivity contribution in [2.24, 2.45) is 5.41 Å². The lowest BCUT2D eigenvalue weighted by molar-refractivity contribution is 0.477. The first-order valence-corrected chi connectivity index (χ1v) is 18.8. The van der Waals surface area contributed by atoms with Crippen molar-refractivity contribution in [1.82, 2.24) is 0 Å². The average molecular weight is 661 g/mol. The maximum atomic E-state index is 2.49. The molecule has 1 atom stereocenters. The van der Waals surface area contributed by atoms with Crippen molar-refractivity contribution in [1.29, 1.82) is 0 Å². The molecule has 252 valence electrons. The van der Waals surface area contributed by atoms with E-state index in [2.05, 4.69) is 183 Å². The number of allylic oxidation sites excluding steroid dienone is 2. The summed E-state index contributed by atoms with van der Waals surface area (Å²) < 4.78 is 0. The highest BCUT2D eigenvalue weighted by atomic mass is 14.4. The molecule has 0 amide bonds. The van der Waals surface area contributed by atoms with Crippen LogP contribution in [0.3, 0.4) is 0 Å². The smallest absolute Gasteiger partial charge is 0.0159 e. The lowest BCUT2D eigenvalue weighted by Gasteiger charge is -2.35. The van der Waals surface area contributed by atoms with Crippen molar-refractivity contribution in [3.63, 3.8) is 0 Å². The van der Waals surface area contributed by atoms with E-state index in [4.69, 9.17) is 0 Å². The summed E-state index contributed by atoms with van der Waals surface area (Å²) in [6.45, 7) is 18.8. The summed E-state index contributed by atoms with van der Waals surface area (Å²) in [5.74, 6) is 0.439. The summed E-state index contributed by atoms with van der Waals surface area (Å²) in [7, 11) is 0. The molecular weight excluding hydrogens is 613 g/mol. The van der Waals surface area contributed by atoms with E-state index in [1.54, 1.807) is 5.57 Å². The van der Waals surface area contributed by atoms with Gasteiger partial charge in [-0.05, 0) is 118 Å². The molecule has 9 rings (SSSR count). The first-order valence-electron chi connectivity index (χ1n) is 18.8. The highest BCUT2D eigenvalue weighted by Crippen LogP contribution is 2.52. The fraction of sp³-hybridized carbons (Fsp3) is 0.255. The molecule has 51 heavy (non-hydrogen) atoms. The second-order valence-corrected chi connectivity index (χ2v) is 17.8. The molecule has 1 unspecified atom stereocenters. The van der Waals surface area contributed by atoms with Crippen LogP contribution >= 0.6 is 0 Å². The van der Waals surface area contributed by atoms with Crippen molar-refractivity contribution in [3.8, 4) is 44.5 Å². The molecule has 0 aliphatic heterocycles. The Kier molecular flexibility index (Phi) is 6.92. The molecule has 0 aromatic heterocycles. The molecule has 3 aliphatic carbocycles. The number of rotatable bonds is 3. The van der Waals surface area contributed by atoms with Gasteiger partial charge >= 0.3 is 0 Å². The van der Waals surface area contributed by atoms with Gasteiger partial charge in [0.25, 0.3) is 0 Å². The molecule has 0 radical (unpaired) electrons. The van der Waals surface area contributed by atoms with Gasteiger partial charge in [0.2, 0.25) is 0 Å². The van der Waals surface area contributed by atoms with Crippen LogP contribution in [-0.2, 0) is 10.8 Å². The molecule has 3 aliphatic rings. The largest absolute Gasteiger partial charge is 0.0760 e. The number of hydrogen-bond donors (Lipinski definition) is 0. The quantitative estimate of drug-likeness (QED) is 0.177. The van der Waals surface area contributed by atoms with Crippen molar-refractivity contribution in [3.05, 3.63) is 154 Å². The SMILES string of the molecule is CC(C)(C)C1=Cc2ccc3cc(C(C)(C)C)c(-c4ccc(-c5ccc(-c6ccc7c(c6)C(C)(C)c6ccccc6-7)cc5)cc4)c4c3c2C(C=C4)C1. The van der Waals surface area contributed by atoms with Gasteiger partial charge in [-0.1, -0.05) is 176 Å². The van der Waals surface area contributed by atoms with E-state index in [0.29, 0.717) is 5.92 Å². The van der Waals surface area contributed by atoms with Crippen LogP contribution in [0, 0.1) is 5.41 Å². The fourth-order valence-corrected chi connectivity index (χ4v) is 9.22. The van der Waals surface area contributed by atoms with Gasteiger partial charge < -0.3 is 0 Å². The van der Waals surface area contributed by atoms with E-state index in [-0.39, 0.29) is 16.2 Å². The Balaban J connectivity index is 1.08. The van der Waals surface area contributed by atoms with Gasteiger partial charge in [0.05, 0.1) is 0 Å². The monoisotopic (exact) mass is 660 g/mol. The van der Waals surface area contributed by atoms with Gasteiger partial charge in [-0.15, -0.1) is 0 Å². The van der Waals surface area contributed by atoms with Crippen LogP contribution in [0.2, 0.25) is 0 Å². The van der Waals surface area contributed by atoms with Crippen molar-refractivity contribution >= 4 is 22.9 Å². The van der Waals surface area contributed by atoms with E-state index >= 15 is 0 Å². The highest BCUT2D eigenvalue weighted by molar-refractivity contribution is 6.05. The maximum absolute atomic E-state index is 2.49. The maximum Gasteiger partial charge on any atom is 0.0159 e. The standard InChI is InChI=1S/C51H48/c1-49(2,3)39-27-36-21-22-38-30-45(50(4,5)6)47(42-26-24-37(28-39)46(36)48(38)42)34-19-17-32(18-20-34)31-13-15-33(16-14-31)35-23-25-41-40-11-9-10-12-43(40)51(7,8)44(41)29-35/h9-27,29-30,37H,28H2,1-8H3. The predicted molar refractivity (Wildman–Crippen MR) is 220 cm³/mol. The summed E-state index contributed by atoms with van der Waals surface area (Å²) in [5, 5.41) is 2.82. The fourth-order valence-electron chi connectivity index (χ4n) is 9.22. The minimum Gasteiger partial charge on any atom is -0.0760 e. The molecule has 0 saturated carbocycles. The van der Waals surface area contributed by atoms with Crippen molar-refractivity contribution in [2.45, 2.75) is 78.6 Å². The summed E-state index contributed by atoms with van der Waals surface area (Å²) >= 11 is 0. The minimum absolute atomic E-state index is 0.00366. The highest BCUT2D eigenvalue weighted by Gasteiger charge is 2.35. The molecule has 0 N–H and O–H groups in total. The summed E-state index contributed by atoms with van der Waals surface area (Å²) in [6.07, 6.45) is 8.53. The van der Waals surface area contributed by atoms with E-state index < -0.39 is 0 Å². The van der Waals surface area contributed by atoms with Gasteiger partial charge in [0.15, 0.2) is 0 Å². The summed E-state index contributed by atoms with van der Waals surface area (Å²) in [6, 6.07) is 41.6. The zero-order valence-corrected chi connectivity index (χ0v) is 31.4.